The largest absolute Gasteiger partial charge is 0.326 e. The van der Waals surface area contributed by atoms with Gasteiger partial charge >= 0.3 is 0 Å². The van der Waals surface area contributed by atoms with Gasteiger partial charge in [0.2, 0.25) is 5.95 Å². The second kappa shape index (κ2) is 4.00. The van der Waals surface area contributed by atoms with Crippen molar-refractivity contribution in [2.24, 2.45) is 7.05 Å². The molecule has 1 N–H and O–H groups in total. The number of nitrogens with one attached hydrogen (secondary N) is 1. The Balaban J connectivity index is 2.30. The lowest BCUT2D eigenvalue weighted by atomic mass is 10.1. The molecule has 3 heteroatoms. The number of hydrogen-bond donors (Lipinski definition) is 1. The van der Waals surface area contributed by atoms with Crippen molar-refractivity contribution >= 4 is 11.6 Å². The molecule has 0 saturated carbocycles. The summed E-state index contributed by atoms with van der Waals surface area (Å²) in [5, 5.41) is 3.33. The Morgan fingerprint density at radius 1 is 1.06 bits per heavy atom. The predicted molar refractivity (Wildman–Crippen MR) is 67.1 cm³/mol. The summed E-state index contributed by atoms with van der Waals surface area (Å²) in [4.78, 5) is 4.42. The van der Waals surface area contributed by atoms with Crippen molar-refractivity contribution in [1.29, 1.82) is 0 Å². The molecular formula is C13H17N3. The van der Waals surface area contributed by atoms with E-state index >= 15 is 0 Å². The van der Waals surface area contributed by atoms with Crippen molar-refractivity contribution in [1.82, 2.24) is 9.55 Å². The topological polar surface area (TPSA) is 29.9 Å². The highest BCUT2D eigenvalue weighted by Crippen LogP contribution is 2.18. The molecule has 0 bridgehead atoms. The molecule has 0 radical (unpaired) electrons. The van der Waals surface area contributed by atoms with Gasteiger partial charge in [-0.1, -0.05) is 6.07 Å². The molecule has 0 aliphatic carbocycles. The van der Waals surface area contributed by atoms with E-state index in [4.69, 9.17) is 0 Å². The fourth-order valence-corrected chi connectivity index (χ4v) is 1.91. The Hall–Kier alpha value is -1.77. The maximum absolute atomic E-state index is 4.42. The molecule has 2 aromatic rings. The first-order valence-electron chi connectivity index (χ1n) is 5.40. The van der Waals surface area contributed by atoms with Crippen molar-refractivity contribution in [3.05, 3.63) is 41.2 Å². The third-order valence-corrected chi connectivity index (χ3v) is 2.47. The zero-order valence-electron chi connectivity index (χ0n) is 10.2. The van der Waals surface area contributed by atoms with Crippen molar-refractivity contribution in [2.45, 2.75) is 20.8 Å². The number of anilines is 2. The Labute approximate surface area is 96.1 Å². The average molecular weight is 215 g/mol. The van der Waals surface area contributed by atoms with Crippen LogP contribution in [0.4, 0.5) is 11.6 Å². The third-order valence-electron chi connectivity index (χ3n) is 2.47. The van der Waals surface area contributed by atoms with E-state index in [0.29, 0.717) is 0 Å². The number of hydrogen-bond acceptors (Lipinski definition) is 2. The number of rotatable bonds is 2. The van der Waals surface area contributed by atoms with Crippen LogP contribution in [0.1, 0.15) is 16.8 Å². The van der Waals surface area contributed by atoms with Gasteiger partial charge in [-0.15, -0.1) is 0 Å². The van der Waals surface area contributed by atoms with Gasteiger partial charge in [0.1, 0.15) is 0 Å². The van der Waals surface area contributed by atoms with Crippen molar-refractivity contribution in [2.75, 3.05) is 5.32 Å². The summed E-state index contributed by atoms with van der Waals surface area (Å²) in [6.07, 6.45) is 2.00. The molecule has 0 aliphatic rings. The van der Waals surface area contributed by atoms with E-state index in [1.54, 1.807) is 0 Å². The molecule has 0 amide bonds. The summed E-state index contributed by atoms with van der Waals surface area (Å²) < 4.78 is 1.99. The van der Waals surface area contributed by atoms with Gasteiger partial charge in [-0.2, -0.15) is 0 Å². The molecule has 1 aromatic heterocycles. The van der Waals surface area contributed by atoms with E-state index in [-0.39, 0.29) is 0 Å². The summed E-state index contributed by atoms with van der Waals surface area (Å²) in [6.45, 7) is 6.19. The first-order chi connectivity index (χ1) is 7.54. The standard InChI is InChI=1S/C13H17N3/c1-9-5-10(2)7-12(6-9)15-13-14-11(3)8-16(13)4/h5-8H,1-4H3,(H,14,15). The van der Waals surface area contributed by atoms with Crippen LogP contribution in [0.25, 0.3) is 0 Å². The SMILES string of the molecule is Cc1cc(C)cc(Nc2nc(C)cn2C)c1. The van der Waals surface area contributed by atoms with E-state index in [1.165, 1.54) is 11.1 Å². The lowest BCUT2D eigenvalue weighted by Crippen LogP contribution is -1.99. The second-order valence-corrected chi connectivity index (χ2v) is 4.32. The first-order valence-corrected chi connectivity index (χ1v) is 5.40. The predicted octanol–water partition coefficient (Wildman–Crippen LogP) is 3.09. The number of aromatic nitrogens is 2. The fraction of sp³-hybridized carbons (Fsp3) is 0.308. The summed E-state index contributed by atoms with van der Waals surface area (Å²) in [5.74, 6) is 0.877. The Morgan fingerprint density at radius 2 is 1.69 bits per heavy atom. The highest BCUT2D eigenvalue weighted by atomic mass is 15.2. The van der Waals surface area contributed by atoms with Gasteiger partial charge in [0.05, 0.1) is 5.69 Å². The maximum Gasteiger partial charge on any atom is 0.207 e. The smallest absolute Gasteiger partial charge is 0.207 e. The summed E-state index contributed by atoms with van der Waals surface area (Å²) in [7, 11) is 1.99. The maximum atomic E-state index is 4.42. The lowest BCUT2D eigenvalue weighted by Gasteiger charge is -2.07. The zero-order valence-corrected chi connectivity index (χ0v) is 10.2. The molecule has 0 unspecified atom stereocenters. The minimum Gasteiger partial charge on any atom is -0.326 e. The molecular weight excluding hydrogens is 198 g/mol. The van der Waals surface area contributed by atoms with Crippen LogP contribution in [0.3, 0.4) is 0 Å². The minimum atomic E-state index is 0.877. The normalized spacial score (nSPS) is 10.5. The number of imidazole rings is 1. The average Bonchev–Trinajstić information content (AvgIpc) is 2.43. The quantitative estimate of drug-likeness (QED) is 0.834. The number of benzene rings is 1. The van der Waals surface area contributed by atoms with Gasteiger partial charge in [-0.3, -0.25) is 0 Å². The molecule has 2 rings (SSSR count). The van der Waals surface area contributed by atoms with Crippen LogP contribution >= 0.6 is 0 Å². The second-order valence-electron chi connectivity index (χ2n) is 4.32. The molecule has 0 fully saturated rings. The molecule has 3 nitrogen and oxygen atoms in total. The Morgan fingerprint density at radius 3 is 2.19 bits per heavy atom. The van der Waals surface area contributed by atoms with Gasteiger partial charge in [0.25, 0.3) is 0 Å². The van der Waals surface area contributed by atoms with Gasteiger partial charge < -0.3 is 9.88 Å². The van der Waals surface area contributed by atoms with Crippen LogP contribution in [-0.4, -0.2) is 9.55 Å². The Bertz CT molecular complexity index is 492. The van der Waals surface area contributed by atoms with Gasteiger partial charge in [-0.25, -0.2) is 4.98 Å². The van der Waals surface area contributed by atoms with Crippen molar-refractivity contribution < 1.29 is 0 Å². The molecule has 84 valence electrons. The van der Waals surface area contributed by atoms with E-state index < -0.39 is 0 Å². The molecule has 1 heterocycles. The highest BCUT2D eigenvalue weighted by molar-refractivity contribution is 5.56. The summed E-state index contributed by atoms with van der Waals surface area (Å²) in [5.41, 5.74) is 4.63. The minimum absolute atomic E-state index is 0.877. The molecule has 16 heavy (non-hydrogen) atoms. The Kier molecular flexibility index (Phi) is 2.69. The van der Waals surface area contributed by atoms with Crippen LogP contribution in [0.2, 0.25) is 0 Å². The van der Waals surface area contributed by atoms with Crippen LogP contribution in [0.5, 0.6) is 0 Å². The summed E-state index contributed by atoms with van der Waals surface area (Å²) >= 11 is 0. The van der Waals surface area contributed by atoms with Gasteiger partial charge in [0.15, 0.2) is 0 Å². The third kappa shape index (κ3) is 2.24. The van der Waals surface area contributed by atoms with Gasteiger partial charge in [0, 0.05) is 18.9 Å². The zero-order chi connectivity index (χ0) is 11.7. The molecule has 0 atom stereocenters. The first kappa shape index (κ1) is 10.7. The molecule has 1 aromatic carbocycles. The molecule has 0 saturated heterocycles. The number of nitrogens with zero attached hydrogens (tertiary/aromatic N) is 2. The monoisotopic (exact) mass is 215 g/mol. The highest BCUT2D eigenvalue weighted by Gasteiger charge is 2.03. The van der Waals surface area contributed by atoms with E-state index in [0.717, 1.165) is 17.3 Å². The lowest BCUT2D eigenvalue weighted by molar-refractivity contribution is 0.923. The van der Waals surface area contributed by atoms with E-state index in [2.05, 4.69) is 42.3 Å². The van der Waals surface area contributed by atoms with Crippen molar-refractivity contribution in [3.8, 4) is 0 Å². The van der Waals surface area contributed by atoms with E-state index in [1.807, 2.05) is 24.7 Å². The molecule has 0 aliphatic heterocycles. The van der Waals surface area contributed by atoms with Gasteiger partial charge in [-0.05, 0) is 44.0 Å². The van der Waals surface area contributed by atoms with Crippen LogP contribution < -0.4 is 5.32 Å². The van der Waals surface area contributed by atoms with Crippen molar-refractivity contribution in [3.63, 3.8) is 0 Å². The van der Waals surface area contributed by atoms with Crippen LogP contribution in [-0.2, 0) is 7.05 Å². The number of aryl methyl sites for hydroxylation is 4. The van der Waals surface area contributed by atoms with Crippen LogP contribution in [0, 0.1) is 20.8 Å². The summed E-state index contributed by atoms with van der Waals surface area (Å²) in [6, 6.07) is 6.41. The molecule has 0 spiro atoms. The fourth-order valence-electron chi connectivity index (χ4n) is 1.91. The van der Waals surface area contributed by atoms with E-state index in [9.17, 15) is 0 Å². The van der Waals surface area contributed by atoms with Crippen LogP contribution in [0.15, 0.2) is 24.4 Å².